The minimum atomic E-state index is -3.79. The van der Waals surface area contributed by atoms with Crippen LogP contribution in [-0.4, -0.2) is 77.8 Å². The zero-order chi connectivity index (χ0) is 37.6. The summed E-state index contributed by atoms with van der Waals surface area (Å²) in [7, 11) is -7.40. The van der Waals surface area contributed by atoms with Gasteiger partial charge < -0.3 is 19.7 Å². The van der Waals surface area contributed by atoms with Crippen molar-refractivity contribution in [3.8, 4) is 11.5 Å². The highest BCUT2D eigenvalue weighted by Crippen LogP contribution is 2.25. The summed E-state index contributed by atoms with van der Waals surface area (Å²) < 4.78 is 69.7. The van der Waals surface area contributed by atoms with Crippen molar-refractivity contribution in [3.05, 3.63) is 94.9 Å². The van der Waals surface area contributed by atoms with Crippen LogP contribution in [0.1, 0.15) is 63.1 Å². The van der Waals surface area contributed by atoms with E-state index < -0.39 is 44.3 Å². The number of unbranched alkanes of at least 4 members (excludes halogenated alkanes) is 3. The summed E-state index contributed by atoms with van der Waals surface area (Å²) in [6.07, 6.45) is 5.94. The smallest absolute Gasteiger partial charge is 0.313 e. The lowest BCUT2D eigenvalue weighted by Crippen LogP contribution is -2.39. The summed E-state index contributed by atoms with van der Waals surface area (Å²) in [5.41, 5.74) is 3.06. The fourth-order valence-electron chi connectivity index (χ4n) is 5.56. The van der Waals surface area contributed by atoms with Gasteiger partial charge in [-0.15, -0.1) is 0 Å². The van der Waals surface area contributed by atoms with E-state index in [-0.39, 0.29) is 38.5 Å². The van der Waals surface area contributed by atoms with Gasteiger partial charge in [0.25, 0.3) is 20.2 Å². The number of amides is 2. The second-order valence-corrected chi connectivity index (χ2v) is 15.6. The molecule has 1 heterocycles. The molecule has 3 aromatic rings. The Morgan fingerprint density at radius 1 is 0.731 bits per heavy atom. The summed E-state index contributed by atoms with van der Waals surface area (Å²) in [5, 5.41) is 3.68. The zero-order valence-corrected chi connectivity index (χ0v) is 31.5. The minimum Gasteiger partial charge on any atom is -0.485 e. The van der Waals surface area contributed by atoms with Crippen molar-refractivity contribution in [2.24, 2.45) is 0 Å². The van der Waals surface area contributed by atoms with Gasteiger partial charge in [0.2, 0.25) is 0 Å². The summed E-state index contributed by atoms with van der Waals surface area (Å²) in [5.74, 6) is -0.745. The van der Waals surface area contributed by atoms with E-state index in [9.17, 15) is 26.4 Å². The molecule has 1 aliphatic heterocycles. The first-order valence-corrected chi connectivity index (χ1v) is 20.6. The molecule has 0 unspecified atom stereocenters. The van der Waals surface area contributed by atoms with Crippen LogP contribution in [0.25, 0.3) is 6.08 Å². The Morgan fingerprint density at radius 2 is 1.29 bits per heavy atom. The number of hydrogen-bond acceptors (Lipinski definition) is 10. The van der Waals surface area contributed by atoms with Crippen LogP contribution < -0.4 is 14.8 Å². The van der Waals surface area contributed by atoms with Crippen molar-refractivity contribution in [3.63, 3.8) is 0 Å². The van der Waals surface area contributed by atoms with Gasteiger partial charge in [0.1, 0.15) is 11.5 Å². The lowest BCUT2D eigenvalue weighted by Gasteiger charge is -2.21. The maximum Gasteiger partial charge on any atom is 0.313 e. The largest absolute Gasteiger partial charge is 0.485 e. The van der Waals surface area contributed by atoms with E-state index in [1.165, 1.54) is 35.8 Å². The molecular weight excluding hydrogens is 709 g/mol. The van der Waals surface area contributed by atoms with Crippen LogP contribution in [0.4, 0.5) is 5.69 Å². The van der Waals surface area contributed by atoms with Gasteiger partial charge in [-0.2, -0.15) is 16.8 Å². The van der Waals surface area contributed by atoms with E-state index in [0.717, 1.165) is 23.8 Å². The van der Waals surface area contributed by atoms with E-state index in [4.69, 9.17) is 17.8 Å². The van der Waals surface area contributed by atoms with Gasteiger partial charge >= 0.3 is 11.8 Å². The monoisotopic (exact) mass is 756 g/mol. The fourth-order valence-corrected chi connectivity index (χ4v) is 7.26. The van der Waals surface area contributed by atoms with Gasteiger partial charge in [-0.1, -0.05) is 62.6 Å². The summed E-state index contributed by atoms with van der Waals surface area (Å²) in [6, 6.07) is 21.1. The van der Waals surface area contributed by atoms with Crippen molar-refractivity contribution in [2.45, 2.75) is 71.5 Å². The molecule has 2 amide bonds. The van der Waals surface area contributed by atoms with Gasteiger partial charge in [0.05, 0.1) is 37.5 Å². The molecule has 14 heteroatoms. The number of rotatable bonds is 19. The Kier molecular flexibility index (Phi) is 15.2. The Hall–Kier alpha value is -4.24. The second kappa shape index (κ2) is 19.6. The first kappa shape index (κ1) is 40.5. The van der Waals surface area contributed by atoms with Gasteiger partial charge in [-0.3, -0.25) is 18.0 Å². The third-order valence-corrected chi connectivity index (χ3v) is 10.6. The number of nitrogens with zero attached hydrogens (tertiary/aromatic N) is 1. The third-order valence-electron chi connectivity index (χ3n) is 8.25. The molecule has 0 aromatic heterocycles. The number of carbonyl (C=O) groups is 2. The summed E-state index contributed by atoms with van der Waals surface area (Å²) >= 11 is 0. The predicted molar refractivity (Wildman–Crippen MR) is 200 cm³/mol. The third kappa shape index (κ3) is 13.1. The maximum absolute atomic E-state index is 13.4. The molecule has 282 valence electrons. The highest BCUT2D eigenvalue weighted by Gasteiger charge is 2.40. The molecule has 1 aliphatic rings. The van der Waals surface area contributed by atoms with Gasteiger partial charge in [-0.05, 0) is 92.3 Å². The van der Waals surface area contributed by atoms with E-state index >= 15 is 0 Å². The zero-order valence-electron chi connectivity index (χ0n) is 29.9. The van der Waals surface area contributed by atoms with Gasteiger partial charge in [0.15, 0.2) is 12.2 Å². The Bertz CT molecular complexity index is 1840. The average molecular weight is 757 g/mol. The number of benzene rings is 3. The first-order valence-electron chi connectivity index (χ1n) is 17.6. The van der Waals surface area contributed by atoms with Gasteiger partial charge in [-0.25, -0.2) is 0 Å². The molecule has 3 aromatic carbocycles. The SMILES string of the molecule is CCCCCCc1ccc(NC(=O)C(=O)N2C[C@H](Oc3ccc(CCS(=O)(=O)OCC)cc3)[C@H](Oc3ccc(/C=C/S(=O)(=O)OCC)cc3)C2)cc1. The number of likely N-dealkylation sites (tertiary alicyclic amines) is 1. The Morgan fingerprint density at radius 3 is 1.87 bits per heavy atom. The van der Waals surface area contributed by atoms with Crippen LogP contribution in [0.3, 0.4) is 0 Å². The van der Waals surface area contributed by atoms with Crippen molar-refractivity contribution < 1.29 is 44.3 Å². The average Bonchev–Trinajstić information content (AvgIpc) is 3.51. The Balaban J connectivity index is 1.44. The molecular formula is C38H48N2O10S2. The molecule has 1 saturated heterocycles. The number of carbonyl (C=O) groups excluding carboxylic acids is 2. The fraction of sp³-hybridized carbons (Fsp3) is 0.421. The molecule has 52 heavy (non-hydrogen) atoms. The predicted octanol–water partition coefficient (Wildman–Crippen LogP) is 5.73. The topological polar surface area (TPSA) is 155 Å². The molecule has 0 aliphatic carbocycles. The molecule has 1 N–H and O–H groups in total. The number of aryl methyl sites for hydroxylation is 2. The molecule has 2 atom stereocenters. The number of anilines is 1. The highest BCUT2D eigenvalue weighted by atomic mass is 32.2. The van der Waals surface area contributed by atoms with Crippen molar-refractivity contribution in [2.75, 3.05) is 37.4 Å². The molecule has 0 bridgehead atoms. The molecule has 0 spiro atoms. The first-order chi connectivity index (χ1) is 24.9. The van der Waals surface area contributed by atoms with Crippen LogP contribution in [0.2, 0.25) is 0 Å². The van der Waals surface area contributed by atoms with Crippen LogP contribution in [0.5, 0.6) is 11.5 Å². The molecule has 1 fully saturated rings. The van der Waals surface area contributed by atoms with E-state index in [1.54, 1.807) is 74.5 Å². The number of hydrogen-bond donors (Lipinski definition) is 1. The summed E-state index contributed by atoms with van der Waals surface area (Å²) in [6.45, 7) is 5.61. The minimum absolute atomic E-state index is 0.0283. The normalized spacial score (nSPS) is 16.2. The Labute approximate surface area is 307 Å². The highest BCUT2D eigenvalue weighted by molar-refractivity contribution is 7.89. The number of ether oxygens (including phenoxy) is 2. The van der Waals surface area contributed by atoms with Crippen LogP contribution in [-0.2, 0) is 51.0 Å². The van der Waals surface area contributed by atoms with Gasteiger partial charge in [0, 0.05) is 5.69 Å². The standard InChI is InChI=1S/C38H48N2O10S2/c1-4-7-8-9-10-29-11-17-32(18-12-29)39-37(41)38(42)40-27-35(49-33-19-13-30(14-20-33)23-25-51(43,44)47-5-2)36(28-40)50-34-21-15-31(16-22-34)24-26-52(45,46)48-6-3/h11-23,25,35-36H,4-10,24,26-28H2,1-3H3,(H,39,41)/b25-23+/t35-,36+/m1/s1. The van der Waals surface area contributed by atoms with E-state index in [2.05, 4.69) is 12.2 Å². The van der Waals surface area contributed by atoms with Crippen LogP contribution in [0, 0.1) is 0 Å². The maximum atomic E-state index is 13.4. The van der Waals surface area contributed by atoms with E-state index in [0.29, 0.717) is 22.7 Å². The lowest BCUT2D eigenvalue weighted by molar-refractivity contribution is -0.142. The van der Waals surface area contributed by atoms with Crippen LogP contribution in [0.15, 0.2) is 78.2 Å². The number of nitrogens with one attached hydrogen (secondary N) is 1. The van der Waals surface area contributed by atoms with Crippen molar-refractivity contribution in [1.82, 2.24) is 4.90 Å². The quantitative estimate of drug-likeness (QED) is 0.0911. The van der Waals surface area contributed by atoms with Crippen molar-refractivity contribution in [1.29, 1.82) is 0 Å². The molecule has 4 rings (SSSR count). The lowest BCUT2D eigenvalue weighted by atomic mass is 10.1. The molecule has 0 saturated carbocycles. The second-order valence-electron chi connectivity index (χ2n) is 12.3. The summed E-state index contributed by atoms with van der Waals surface area (Å²) in [4.78, 5) is 27.9. The molecule has 0 radical (unpaired) electrons. The molecule has 12 nitrogen and oxygen atoms in total. The van der Waals surface area contributed by atoms with E-state index in [1.807, 2.05) is 12.1 Å². The van der Waals surface area contributed by atoms with Crippen LogP contribution >= 0.6 is 0 Å². The van der Waals surface area contributed by atoms with Crippen molar-refractivity contribution >= 4 is 43.8 Å².